The fourth-order valence-electron chi connectivity index (χ4n) is 1.80. The first kappa shape index (κ1) is 10.2. The zero-order chi connectivity index (χ0) is 11.1. The Kier molecular flexibility index (Phi) is 2.29. The van der Waals surface area contributed by atoms with Crippen molar-refractivity contribution in [2.75, 3.05) is 6.54 Å². The van der Waals surface area contributed by atoms with Crippen molar-refractivity contribution in [3.63, 3.8) is 0 Å². The van der Waals surface area contributed by atoms with Crippen molar-refractivity contribution in [1.29, 1.82) is 0 Å². The molecule has 0 fully saturated rings. The van der Waals surface area contributed by atoms with Crippen LogP contribution in [0.15, 0.2) is 29.3 Å². The molecule has 0 bridgehead atoms. The van der Waals surface area contributed by atoms with E-state index in [1.807, 2.05) is 6.92 Å². The highest BCUT2D eigenvalue weighted by molar-refractivity contribution is 6.06. The second-order valence-electron chi connectivity index (χ2n) is 3.68. The van der Waals surface area contributed by atoms with Gasteiger partial charge >= 0.3 is 6.18 Å². The van der Waals surface area contributed by atoms with Gasteiger partial charge in [-0.25, -0.2) is 0 Å². The SMILES string of the molecule is CC1CN=C(C(F)(F)F)c2ccccc21. The van der Waals surface area contributed by atoms with Crippen LogP contribution in [0.5, 0.6) is 0 Å². The summed E-state index contributed by atoms with van der Waals surface area (Å²) in [6.45, 7) is 2.10. The first-order valence-electron chi connectivity index (χ1n) is 4.71. The number of halogens is 3. The molecule has 1 nitrogen and oxygen atoms in total. The largest absolute Gasteiger partial charge is 0.433 e. The summed E-state index contributed by atoms with van der Waals surface area (Å²) in [4.78, 5) is 3.61. The summed E-state index contributed by atoms with van der Waals surface area (Å²) in [7, 11) is 0. The molecule has 15 heavy (non-hydrogen) atoms. The minimum absolute atomic E-state index is 0.0623. The zero-order valence-corrected chi connectivity index (χ0v) is 8.17. The molecule has 1 unspecified atom stereocenters. The Morgan fingerprint density at radius 3 is 2.60 bits per heavy atom. The molecule has 0 aromatic heterocycles. The van der Waals surface area contributed by atoms with E-state index in [1.54, 1.807) is 18.2 Å². The number of hydrogen-bond acceptors (Lipinski definition) is 1. The van der Waals surface area contributed by atoms with Crippen LogP contribution in [-0.2, 0) is 0 Å². The minimum Gasteiger partial charge on any atom is -0.279 e. The van der Waals surface area contributed by atoms with Crippen LogP contribution in [0.25, 0.3) is 0 Å². The fourth-order valence-corrected chi connectivity index (χ4v) is 1.80. The number of nitrogens with zero attached hydrogens (tertiary/aromatic N) is 1. The molecule has 80 valence electrons. The van der Waals surface area contributed by atoms with Crippen LogP contribution in [-0.4, -0.2) is 18.4 Å². The van der Waals surface area contributed by atoms with Gasteiger partial charge in [0.25, 0.3) is 0 Å². The van der Waals surface area contributed by atoms with Crippen molar-refractivity contribution in [3.8, 4) is 0 Å². The molecule has 0 N–H and O–H groups in total. The van der Waals surface area contributed by atoms with E-state index in [4.69, 9.17) is 0 Å². The van der Waals surface area contributed by atoms with E-state index in [0.717, 1.165) is 5.56 Å². The molecule has 0 radical (unpaired) electrons. The van der Waals surface area contributed by atoms with Crippen molar-refractivity contribution in [3.05, 3.63) is 35.4 Å². The topological polar surface area (TPSA) is 12.4 Å². The molecule has 1 heterocycles. The van der Waals surface area contributed by atoms with Crippen molar-refractivity contribution >= 4 is 5.71 Å². The smallest absolute Gasteiger partial charge is 0.279 e. The second-order valence-corrected chi connectivity index (χ2v) is 3.68. The monoisotopic (exact) mass is 213 g/mol. The van der Waals surface area contributed by atoms with Gasteiger partial charge in [-0.05, 0) is 5.56 Å². The highest BCUT2D eigenvalue weighted by Crippen LogP contribution is 2.31. The maximum atomic E-state index is 12.6. The molecule has 0 spiro atoms. The molecule has 0 saturated heterocycles. The highest BCUT2D eigenvalue weighted by Gasteiger charge is 2.39. The third-order valence-electron chi connectivity index (χ3n) is 2.54. The number of alkyl halides is 3. The third kappa shape index (κ3) is 1.76. The van der Waals surface area contributed by atoms with Gasteiger partial charge in [0.15, 0.2) is 0 Å². The molecule has 2 rings (SSSR count). The quantitative estimate of drug-likeness (QED) is 0.627. The predicted molar refractivity (Wildman–Crippen MR) is 52.3 cm³/mol. The van der Waals surface area contributed by atoms with E-state index in [2.05, 4.69) is 4.99 Å². The third-order valence-corrected chi connectivity index (χ3v) is 2.54. The van der Waals surface area contributed by atoms with Crippen molar-refractivity contribution in [2.24, 2.45) is 4.99 Å². The van der Waals surface area contributed by atoms with Gasteiger partial charge < -0.3 is 0 Å². The van der Waals surface area contributed by atoms with Crippen LogP contribution in [0.4, 0.5) is 13.2 Å². The molecule has 1 atom stereocenters. The van der Waals surface area contributed by atoms with E-state index in [-0.39, 0.29) is 18.0 Å². The fraction of sp³-hybridized carbons (Fsp3) is 0.364. The molecule has 0 saturated carbocycles. The van der Waals surface area contributed by atoms with E-state index < -0.39 is 11.9 Å². The highest BCUT2D eigenvalue weighted by atomic mass is 19.4. The summed E-state index contributed by atoms with van der Waals surface area (Å²) < 4.78 is 37.8. The van der Waals surface area contributed by atoms with Gasteiger partial charge in [-0.3, -0.25) is 4.99 Å². The molecule has 0 aliphatic carbocycles. The Bertz CT molecular complexity index is 407. The van der Waals surface area contributed by atoms with Gasteiger partial charge in [0.1, 0.15) is 5.71 Å². The van der Waals surface area contributed by atoms with Crippen molar-refractivity contribution in [2.45, 2.75) is 19.0 Å². The summed E-state index contributed by atoms with van der Waals surface area (Å²) >= 11 is 0. The lowest BCUT2D eigenvalue weighted by Gasteiger charge is -2.23. The summed E-state index contributed by atoms with van der Waals surface area (Å²) in [6.07, 6.45) is -4.35. The Labute approximate surface area is 85.6 Å². The number of rotatable bonds is 0. The summed E-state index contributed by atoms with van der Waals surface area (Å²) in [5.74, 6) is 0.0623. The molecule has 4 heteroatoms. The Morgan fingerprint density at radius 1 is 1.27 bits per heavy atom. The van der Waals surface area contributed by atoms with Crippen LogP contribution >= 0.6 is 0 Å². The Hall–Kier alpha value is -1.32. The van der Waals surface area contributed by atoms with E-state index in [1.165, 1.54) is 6.07 Å². The van der Waals surface area contributed by atoms with Gasteiger partial charge in [-0.2, -0.15) is 13.2 Å². The average molecular weight is 213 g/mol. The van der Waals surface area contributed by atoms with Crippen LogP contribution in [0.1, 0.15) is 24.0 Å². The lowest BCUT2D eigenvalue weighted by Crippen LogP contribution is -2.29. The standard InChI is InChI=1S/C11H10F3N/c1-7-6-15-10(11(12,13)14)9-5-3-2-4-8(7)9/h2-5,7H,6H2,1H3. The second kappa shape index (κ2) is 3.36. The number of benzene rings is 1. The number of fused-ring (bicyclic) bond motifs is 1. The maximum absolute atomic E-state index is 12.6. The summed E-state index contributed by atoms with van der Waals surface area (Å²) in [6, 6.07) is 6.59. The normalized spacial score (nSPS) is 20.8. The Balaban J connectivity index is 2.55. The molecule has 1 aliphatic rings. The zero-order valence-electron chi connectivity index (χ0n) is 8.17. The predicted octanol–water partition coefficient (Wildman–Crippen LogP) is 3.16. The first-order valence-corrected chi connectivity index (χ1v) is 4.71. The van der Waals surface area contributed by atoms with Gasteiger partial charge in [-0.15, -0.1) is 0 Å². The van der Waals surface area contributed by atoms with Gasteiger partial charge in [0, 0.05) is 18.0 Å². The average Bonchev–Trinajstić information content (AvgIpc) is 2.17. The summed E-state index contributed by atoms with van der Waals surface area (Å²) in [5, 5.41) is 0. The lowest BCUT2D eigenvalue weighted by molar-refractivity contribution is -0.0584. The molecule has 1 aromatic rings. The van der Waals surface area contributed by atoms with E-state index in [9.17, 15) is 13.2 Å². The van der Waals surface area contributed by atoms with Crippen LogP contribution in [0.3, 0.4) is 0 Å². The van der Waals surface area contributed by atoms with Crippen LogP contribution < -0.4 is 0 Å². The van der Waals surface area contributed by atoms with Crippen LogP contribution in [0, 0.1) is 0 Å². The molecular weight excluding hydrogens is 203 g/mol. The van der Waals surface area contributed by atoms with E-state index >= 15 is 0 Å². The summed E-state index contributed by atoms with van der Waals surface area (Å²) in [5.41, 5.74) is 0.222. The van der Waals surface area contributed by atoms with E-state index in [0.29, 0.717) is 0 Å². The minimum atomic E-state index is -4.35. The molecular formula is C11H10F3N. The first-order chi connectivity index (χ1) is 7.00. The molecule has 1 aliphatic heterocycles. The lowest BCUT2D eigenvalue weighted by atomic mass is 9.90. The van der Waals surface area contributed by atoms with Gasteiger partial charge in [-0.1, -0.05) is 31.2 Å². The number of hydrogen-bond donors (Lipinski definition) is 0. The van der Waals surface area contributed by atoms with Gasteiger partial charge in [0.05, 0.1) is 0 Å². The van der Waals surface area contributed by atoms with Gasteiger partial charge in [0.2, 0.25) is 0 Å². The molecule has 0 amide bonds. The molecule has 1 aromatic carbocycles. The maximum Gasteiger partial charge on any atom is 0.433 e. The van der Waals surface area contributed by atoms with Crippen molar-refractivity contribution < 1.29 is 13.2 Å². The number of aliphatic imine (C=N–C) groups is 1. The van der Waals surface area contributed by atoms with Crippen molar-refractivity contribution in [1.82, 2.24) is 0 Å². The Morgan fingerprint density at radius 2 is 1.93 bits per heavy atom. The van der Waals surface area contributed by atoms with Crippen LogP contribution in [0.2, 0.25) is 0 Å².